The first kappa shape index (κ1) is 19.3. The summed E-state index contributed by atoms with van der Waals surface area (Å²) >= 11 is 0. The second-order valence-corrected chi connectivity index (χ2v) is 9.60. The third kappa shape index (κ3) is 2.97. The Hall–Kier alpha value is -3.40. The van der Waals surface area contributed by atoms with Crippen molar-refractivity contribution >= 4 is 32.8 Å². The summed E-state index contributed by atoms with van der Waals surface area (Å²) in [5.74, 6) is 2.82. The quantitative estimate of drug-likeness (QED) is 0.353. The first-order valence-corrected chi connectivity index (χ1v) is 11.5. The molecule has 2 aliphatic rings. The molecule has 0 amide bonds. The highest BCUT2D eigenvalue weighted by Crippen LogP contribution is 2.43. The van der Waals surface area contributed by atoms with E-state index in [2.05, 4.69) is 79.1 Å². The SMILES string of the molecule is CC(C)C1=NC=C(c2cc3c4c(ccc5cc(-c6cnc(C(C)C)[nH]6)cc(c54)OC3)c2)C1. The molecule has 0 bridgehead atoms. The molecule has 1 aromatic heterocycles. The number of aromatic nitrogens is 2. The smallest absolute Gasteiger partial charge is 0.128 e. The van der Waals surface area contributed by atoms with Crippen molar-refractivity contribution in [3.63, 3.8) is 0 Å². The van der Waals surface area contributed by atoms with E-state index in [1.807, 2.05) is 12.4 Å². The average molecular weight is 422 g/mol. The maximum atomic E-state index is 6.30. The van der Waals surface area contributed by atoms with Crippen LogP contribution in [0, 0.1) is 5.92 Å². The van der Waals surface area contributed by atoms with Crippen LogP contribution >= 0.6 is 0 Å². The van der Waals surface area contributed by atoms with E-state index in [1.165, 1.54) is 44.0 Å². The molecule has 0 spiro atoms. The van der Waals surface area contributed by atoms with Gasteiger partial charge in [0.1, 0.15) is 18.2 Å². The fraction of sp³-hybridized carbons (Fsp3) is 0.286. The van der Waals surface area contributed by atoms with Crippen molar-refractivity contribution in [1.82, 2.24) is 9.97 Å². The van der Waals surface area contributed by atoms with Gasteiger partial charge in [0.25, 0.3) is 0 Å². The number of ether oxygens (including phenoxy) is 1. The third-order valence-electron chi connectivity index (χ3n) is 6.71. The first-order valence-electron chi connectivity index (χ1n) is 11.5. The van der Waals surface area contributed by atoms with Crippen molar-refractivity contribution in [3.8, 4) is 17.0 Å². The minimum atomic E-state index is 0.372. The fourth-order valence-electron chi connectivity index (χ4n) is 4.86. The predicted molar refractivity (Wildman–Crippen MR) is 132 cm³/mol. The van der Waals surface area contributed by atoms with Crippen LogP contribution in [-0.4, -0.2) is 15.7 Å². The number of aliphatic imine (C=N–C) groups is 1. The largest absolute Gasteiger partial charge is 0.488 e. The molecule has 0 radical (unpaired) electrons. The Labute approximate surface area is 188 Å². The molecule has 0 unspecified atom stereocenters. The van der Waals surface area contributed by atoms with Gasteiger partial charge in [-0.15, -0.1) is 0 Å². The summed E-state index contributed by atoms with van der Waals surface area (Å²) in [5.41, 5.74) is 7.22. The highest BCUT2D eigenvalue weighted by Gasteiger charge is 2.21. The summed E-state index contributed by atoms with van der Waals surface area (Å²) in [6.45, 7) is 9.31. The van der Waals surface area contributed by atoms with Crippen molar-refractivity contribution in [2.24, 2.45) is 10.9 Å². The van der Waals surface area contributed by atoms with E-state index >= 15 is 0 Å². The Morgan fingerprint density at radius 3 is 2.41 bits per heavy atom. The molecule has 4 heteroatoms. The summed E-state index contributed by atoms with van der Waals surface area (Å²) in [7, 11) is 0. The maximum Gasteiger partial charge on any atom is 0.128 e. The zero-order valence-electron chi connectivity index (χ0n) is 19.0. The molecule has 0 aliphatic carbocycles. The van der Waals surface area contributed by atoms with Gasteiger partial charge < -0.3 is 9.72 Å². The lowest BCUT2D eigenvalue weighted by atomic mass is 9.90. The van der Waals surface area contributed by atoms with Gasteiger partial charge in [0.15, 0.2) is 0 Å². The van der Waals surface area contributed by atoms with Crippen LogP contribution in [0.25, 0.3) is 38.4 Å². The first-order chi connectivity index (χ1) is 15.5. The topological polar surface area (TPSA) is 50.3 Å². The fourth-order valence-corrected chi connectivity index (χ4v) is 4.86. The Morgan fingerprint density at radius 1 is 0.906 bits per heavy atom. The van der Waals surface area contributed by atoms with Crippen molar-refractivity contribution in [3.05, 3.63) is 65.7 Å². The van der Waals surface area contributed by atoms with E-state index in [9.17, 15) is 0 Å². The molecule has 4 nitrogen and oxygen atoms in total. The molecule has 0 saturated carbocycles. The number of benzene rings is 3. The molecule has 3 heterocycles. The molecular weight excluding hydrogens is 394 g/mol. The van der Waals surface area contributed by atoms with Gasteiger partial charge in [-0.05, 0) is 63.0 Å². The van der Waals surface area contributed by atoms with Crippen molar-refractivity contribution in [2.75, 3.05) is 0 Å². The lowest BCUT2D eigenvalue weighted by molar-refractivity contribution is 0.308. The molecule has 4 aromatic rings. The molecular formula is C28H27N3O. The van der Waals surface area contributed by atoms with E-state index < -0.39 is 0 Å². The van der Waals surface area contributed by atoms with E-state index in [0.29, 0.717) is 18.4 Å². The van der Waals surface area contributed by atoms with Gasteiger partial charge in [0, 0.05) is 35.2 Å². The molecule has 32 heavy (non-hydrogen) atoms. The number of allylic oxidation sites excluding steroid dienone is 1. The van der Waals surface area contributed by atoms with E-state index in [4.69, 9.17) is 4.74 Å². The second-order valence-electron chi connectivity index (χ2n) is 9.60. The summed E-state index contributed by atoms with van der Waals surface area (Å²) in [6, 6.07) is 13.5. The van der Waals surface area contributed by atoms with Crippen molar-refractivity contribution in [1.29, 1.82) is 0 Å². The number of hydrogen-bond acceptors (Lipinski definition) is 3. The van der Waals surface area contributed by atoms with Crippen molar-refractivity contribution in [2.45, 2.75) is 46.6 Å². The van der Waals surface area contributed by atoms with Crippen LogP contribution in [0.2, 0.25) is 0 Å². The molecule has 0 atom stereocenters. The monoisotopic (exact) mass is 421 g/mol. The lowest BCUT2D eigenvalue weighted by Gasteiger charge is -2.22. The highest BCUT2D eigenvalue weighted by atomic mass is 16.5. The normalized spacial score (nSPS) is 15.2. The van der Waals surface area contributed by atoms with Gasteiger partial charge in [-0.3, -0.25) is 4.99 Å². The number of hydrogen-bond donors (Lipinski definition) is 1. The molecule has 160 valence electrons. The molecule has 2 aliphatic heterocycles. The zero-order valence-corrected chi connectivity index (χ0v) is 19.0. The predicted octanol–water partition coefficient (Wildman–Crippen LogP) is 7.24. The van der Waals surface area contributed by atoms with Gasteiger partial charge in [-0.25, -0.2) is 4.98 Å². The average Bonchev–Trinajstić information content (AvgIpc) is 3.47. The zero-order chi connectivity index (χ0) is 22.0. The number of nitrogens with zero attached hydrogens (tertiary/aromatic N) is 2. The van der Waals surface area contributed by atoms with Crippen LogP contribution in [0.15, 0.2) is 53.8 Å². The number of H-pyrrole nitrogens is 1. The van der Waals surface area contributed by atoms with Crippen LogP contribution < -0.4 is 4.74 Å². The van der Waals surface area contributed by atoms with Crippen LogP contribution in [0.4, 0.5) is 0 Å². The standard InChI is InChI=1S/C28H27N3O/c1-15(2)23-10-21(12-29-23)19-7-17-5-6-18-8-20(24-13-30-28(31-24)16(3)4)11-25-27(18)26(17)22(9-19)14-32-25/h5-9,11-13,15-16H,10,14H2,1-4H3,(H,30,31). The van der Waals surface area contributed by atoms with Crippen LogP contribution in [0.1, 0.15) is 57.0 Å². The highest BCUT2D eigenvalue weighted by molar-refractivity contribution is 6.14. The van der Waals surface area contributed by atoms with E-state index in [0.717, 1.165) is 29.3 Å². The third-order valence-corrected chi connectivity index (χ3v) is 6.71. The van der Waals surface area contributed by atoms with Gasteiger partial charge in [-0.2, -0.15) is 0 Å². The number of nitrogens with one attached hydrogen (secondary N) is 1. The maximum absolute atomic E-state index is 6.30. The molecule has 0 fully saturated rings. The number of rotatable bonds is 4. The molecule has 3 aromatic carbocycles. The van der Waals surface area contributed by atoms with E-state index in [1.54, 1.807) is 0 Å². The van der Waals surface area contributed by atoms with Crippen LogP contribution in [-0.2, 0) is 6.61 Å². The molecule has 6 rings (SSSR count). The van der Waals surface area contributed by atoms with E-state index in [-0.39, 0.29) is 0 Å². The van der Waals surface area contributed by atoms with Crippen molar-refractivity contribution < 1.29 is 4.74 Å². The van der Waals surface area contributed by atoms with Gasteiger partial charge in [-0.1, -0.05) is 39.8 Å². The minimum absolute atomic E-state index is 0.372. The summed E-state index contributed by atoms with van der Waals surface area (Å²) < 4.78 is 6.30. The summed E-state index contributed by atoms with van der Waals surface area (Å²) in [4.78, 5) is 12.7. The Balaban J connectivity index is 1.46. The summed E-state index contributed by atoms with van der Waals surface area (Å²) in [5, 5.41) is 4.99. The Kier molecular flexibility index (Phi) is 4.26. The summed E-state index contributed by atoms with van der Waals surface area (Å²) in [6.07, 6.45) is 4.91. The van der Waals surface area contributed by atoms with Gasteiger partial charge in [0.05, 0.1) is 11.9 Å². The van der Waals surface area contributed by atoms with Gasteiger partial charge >= 0.3 is 0 Å². The lowest BCUT2D eigenvalue weighted by Crippen LogP contribution is -2.06. The second kappa shape index (κ2) is 7.06. The van der Waals surface area contributed by atoms with Crippen LogP contribution in [0.3, 0.4) is 0 Å². The number of imidazole rings is 1. The Bertz CT molecular complexity index is 1450. The number of aromatic amines is 1. The van der Waals surface area contributed by atoms with Crippen LogP contribution in [0.5, 0.6) is 5.75 Å². The minimum Gasteiger partial charge on any atom is -0.488 e. The molecule has 1 N–H and O–H groups in total. The Morgan fingerprint density at radius 2 is 1.69 bits per heavy atom. The molecule has 0 saturated heterocycles. The van der Waals surface area contributed by atoms with Gasteiger partial charge in [0.2, 0.25) is 0 Å².